The van der Waals surface area contributed by atoms with Gasteiger partial charge in [-0.2, -0.15) is 0 Å². The maximum absolute atomic E-state index is 14.2. The number of Topliss-reactive ketones (excluding diaryl/α,β-unsaturated/α-hetero) is 1. The molecule has 0 radical (unpaired) electrons. The van der Waals surface area contributed by atoms with Crippen molar-refractivity contribution in [3.8, 4) is 0 Å². The number of aryl methyl sites for hydroxylation is 1. The van der Waals surface area contributed by atoms with Crippen LogP contribution in [0, 0.1) is 6.92 Å². The number of hydrogen-bond acceptors (Lipinski definition) is 8. The molecule has 2 aromatic heterocycles. The van der Waals surface area contributed by atoms with Gasteiger partial charge in [0.25, 0.3) is 11.5 Å². The molecular weight excluding hydrogens is 534 g/mol. The number of allylic oxidation sites excluding steroid dienone is 3. The van der Waals surface area contributed by atoms with Gasteiger partial charge in [0, 0.05) is 47.8 Å². The normalized spacial score (nSPS) is 17.0. The van der Waals surface area contributed by atoms with Crippen molar-refractivity contribution < 1.29 is 19.1 Å². The summed E-state index contributed by atoms with van der Waals surface area (Å²) in [4.78, 5) is 58.8. The molecule has 2 aliphatic rings. The number of nitrogens with two attached hydrogens (primary N) is 1. The zero-order chi connectivity index (χ0) is 30.1. The van der Waals surface area contributed by atoms with Crippen LogP contribution in [0.25, 0.3) is 10.9 Å². The number of hydrogen-bond donors (Lipinski definition) is 2. The summed E-state index contributed by atoms with van der Waals surface area (Å²) >= 11 is 0. The monoisotopic (exact) mass is 567 g/mol. The molecule has 0 saturated heterocycles. The Bertz CT molecular complexity index is 1740. The Morgan fingerprint density at radius 1 is 1.17 bits per heavy atom. The number of esters is 1. The summed E-state index contributed by atoms with van der Waals surface area (Å²) in [7, 11) is 0. The van der Waals surface area contributed by atoms with E-state index in [4.69, 9.17) is 10.5 Å². The molecule has 1 amide bonds. The number of aromatic nitrogens is 2. The minimum atomic E-state index is -1.10. The van der Waals surface area contributed by atoms with Gasteiger partial charge < -0.3 is 15.0 Å². The maximum atomic E-state index is 14.2. The van der Waals surface area contributed by atoms with Gasteiger partial charge in [0.05, 0.1) is 23.1 Å². The number of fused-ring (bicyclic) bond motifs is 1. The molecule has 10 nitrogen and oxygen atoms in total. The standard InChI is InChI=1S/C32H33N5O5/c1-5-15-36-23-10-9-19(4)16-21(23)17-22(31(36)40)26-27-24(7-6-8-25(27)38)37(29(33)28(26)32(41)42-18(2)3)35-30(39)20-11-13-34-14-12-20/h5,9-14,16-18,26H,1,6-8,15,33H2,2-4H3,(H,35,39). The molecule has 5 rings (SSSR count). The zero-order valence-electron chi connectivity index (χ0n) is 23.8. The van der Waals surface area contributed by atoms with E-state index in [1.807, 2.05) is 25.1 Å². The van der Waals surface area contributed by atoms with Gasteiger partial charge in [0.15, 0.2) is 5.78 Å². The van der Waals surface area contributed by atoms with Gasteiger partial charge >= 0.3 is 5.97 Å². The molecule has 1 aliphatic carbocycles. The number of ketones is 1. The van der Waals surface area contributed by atoms with Crippen LogP contribution >= 0.6 is 0 Å². The summed E-state index contributed by atoms with van der Waals surface area (Å²) in [5.41, 5.74) is 11.9. The number of carbonyl (C=O) groups is 3. The molecule has 1 aromatic carbocycles. The van der Waals surface area contributed by atoms with E-state index in [-0.39, 0.29) is 46.8 Å². The highest BCUT2D eigenvalue weighted by Crippen LogP contribution is 2.44. The molecule has 0 spiro atoms. The SMILES string of the molecule is C=CCn1c(=O)c(C2C(C(=O)OC(C)C)=C(N)N(NC(=O)c3ccncc3)C3=C2C(=O)CCC3)cc2cc(C)ccc21. The number of nitrogens with zero attached hydrogens (tertiary/aromatic N) is 3. The molecule has 0 bridgehead atoms. The van der Waals surface area contributed by atoms with Crippen molar-refractivity contribution in [2.24, 2.45) is 5.73 Å². The maximum Gasteiger partial charge on any atom is 0.338 e. The second-order valence-corrected chi connectivity index (χ2v) is 10.7. The summed E-state index contributed by atoms with van der Waals surface area (Å²) in [5, 5.41) is 2.07. The average molecular weight is 568 g/mol. The lowest BCUT2D eigenvalue weighted by atomic mass is 9.75. The summed E-state index contributed by atoms with van der Waals surface area (Å²) in [6, 6.07) is 10.5. The Morgan fingerprint density at radius 2 is 1.90 bits per heavy atom. The van der Waals surface area contributed by atoms with Gasteiger partial charge in [-0.3, -0.25) is 24.8 Å². The molecule has 0 saturated carbocycles. The van der Waals surface area contributed by atoms with Crippen LogP contribution < -0.4 is 16.7 Å². The van der Waals surface area contributed by atoms with E-state index in [0.717, 1.165) is 10.9 Å². The van der Waals surface area contributed by atoms with Crippen LogP contribution in [0.3, 0.4) is 0 Å². The van der Waals surface area contributed by atoms with Crippen molar-refractivity contribution in [1.82, 2.24) is 20.0 Å². The van der Waals surface area contributed by atoms with Gasteiger partial charge in [-0.05, 0) is 69.3 Å². The third-order valence-electron chi connectivity index (χ3n) is 7.41. The zero-order valence-corrected chi connectivity index (χ0v) is 23.8. The quantitative estimate of drug-likeness (QED) is 0.325. The molecular formula is C32H33N5O5. The predicted octanol–water partition coefficient (Wildman–Crippen LogP) is 3.76. The number of pyridine rings is 2. The number of benzene rings is 1. The topological polar surface area (TPSA) is 137 Å². The van der Waals surface area contributed by atoms with E-state index in [1.54, 1.807) is 30.6 Å². The lowest BCUT2D eigenvalue weighted by Crippen LogP contribution is -2.50. The second kappa shape index (κ2) is 11.5. The minimum absolute atomic E-state index is 0.0815. The third-order valence-corrected chi connectivity index (χ3v) is 7.41. The van der Waals surface area contributed by atoms with Crippen LogP contribution in [0.15, 0.2) is 88.9 Å². The molecule has 10 heteroatoms. The van der Waals surface area contributed by atoms with Gasteiger partial charge in [0.1, 0.15) is 5.82 Å². The largest absolute Gasteiger partial charge is 0.459 e. The minimum Gasteiger partial charge on any atom is -0.459 e. The summed E-state index contributed by atoms with van der Waals surface area (Å²) < 4.78 is 7.18. The Balaban J connectivity index is 1.78. The van der Waals surface area contributed by atoms with Crippen LogP contribution in [0.1, 0.15) is 60.5 Å². The van der Waals surface area contributed by atoms with E-state index >= 15 is 0 Å². The van der Waals surface area contributed by atoms with Crippen LogP contribution in [-0.4, -0.2) is 38.3 Å². The number of ether oxygens (including phenoxy) is 1. The first kappa shape index (κ1) is 28.5. The molecule has 216 valence electrons. The Labute approximate surface area is 243 Å². The molecule has 1 aliphatic heterocycles. The van der Waals surface area contributed by atoms with Crippen LogP contribution in [0.2, 0.25) is 0 Å². The van der Waals surface area contributed by atoms with E-state index in [0.29, 0.717) is 29.6 Å². The molecule has 3 N–H and O–H groups in total. The van der Waals surface area contributed by atoms with Crippen molar-refractivity contribution in [3.63, 3.8) is 0 Å². The van der Waals surface area contributed by atoms with Crippen molar-refractivity contribution in [3.05, 3.63) is 111 Å². The fourth-order valence-electron chi connectivity index (χ4n) is 5.62. The Kier molecular flexibility index (Phi) is 7.80. The molecule has 0 fully saturated rings. The highest BCUT2D eigenvalue weighted by atomic mass is 16.5. The lowest BCUT2D eigenvalue weighted by molar-refractivity contribution is -0.143. The number of rotatable bonds is 7. The van der Waals surface area contributed by atoms with Crippen molar-refractivity contribution in [1.29, 1.82) is 0 Å². The number of hydrazine groups is 1. The number of nitrogens with one attached hydrogen (secondary N) is 1. The van der Waals surface area contributed by atoms with Gasteiger partial charge in [-0.25, -0.2) is 9.80 Å². The fourth-order valence-corrected chi connectivity index (χ4v) is 5.62. The fraction of sp³-hybridized carbons (Fsp3) is 0.281. The van der Waals surface area contributed by atoms with E-state index in [2.05, 4.69) is 17.0 Å². The predicted molar refractivity (Wildman–Crippen MR) is 158 cm³/mol. The highest BCUT2D eigenvalue weighted by molar-refractivity contribution is 6.04. The molecule has 1 unspecified atom stereocenters. The lowest BCUT2D eigenvalue weighted by Gasteiger charge is -2.40. The van der Waals surface area contributed by atoms with Crippen LogP contribution in [0.4, 0.5) is 0 Å². The third kappa shape index (κ3) is 5.11. The summed E-state index contributed by atoms with van der Waals surface area (Å²) in [6.45, 7) is 9.37. The first-order chi connectivity index (χ1) is 20.1. The van der Waals surface area contributed by atoms with Crippen LogP contribution in [-0.2, 0) is 20.9 Å². The molecule has 42 heavy (non-hydrogen) atoms. The smallest absolute Gasteiger partial charge is 0.338 e. The van der Waals surface area contributed by atoms with Crippen molar-refractivity contribution in [2.45, 2.75) is 58.6 Å². The Hall–Kier alpha value is -4.99. The number of carbonyl (C=O) groups excluding carboxylic acids is 3. The first-order valence-corrected chi connectivity index (χ1v) is 13.8. The average Bonchev–Trinajstić information content (AvgIpc) is 2.95. The van der Waals surface area contributed by atoms with Gasteiger partial charge in [-0.1, -0.05) is 17.7 Å². The Morgan fingerprint density at radius 3 is 2.60 bits per heavy atom. The van der Waals surface area contributed by atoms with Gasteiger partial charge in [-0.15, -0.1) is 6.58 Å². The van der Waals surface area contributed by atoms with Gasteiger partial charge in [0.2, 0.25) is 0 Å². The molecule has 3 aromatic rings. The van der Waals surface area contributed by atoms with Crippen molar-refractivity contribution >= 4 is 28.6 Å². The number of amides is 1. The summed E-state index contributed by atoms with van der Waals surface area (Å²) in [5.74, 6) is -2.72. The van der Waals surface area contributed by atoms with E-state index < -0.39 is 23.9 Å². The van der Waals surface area contributed by atoms with E-state index in [9.17, 15) is 19.2 Å². The highest BCUT2D eigenvalue weighted by Gasteiger charge is 2.44. The first-order valence-electron chi connectivity index (χ1n) is 13.8. The second-order valence-electron chi connectivity index (χ2n) is 10.7. The van der Waals surface area contributed by atoms with E-state index in [1.165, 1.54) is 29.5 Å². The summed E-state index contributed by atoms with van der Waals surface area (Å²) in [6.07, 6.45) is 5.22. The molecule has 3 heterocycles. The molecule has 1 atom stereocenters. The van der Waals surface area contributed by atoms with Crippen LogP contribution in [0.5, 0.6) is 0 Å². The van der Waals surface area contributed by atoms with Crippen molar-refractivity contribution in [2.75, 3.05) is 0 Å².